The molecule has 0 N–H and O–H groups in total. The van der Waals surface area contributed by atoms with E-state index >= 15 is 0 Å². The molecule has 0 saturated carbocycles. The number of rotatable bonds is 5. The molecule has 1 atom stereocenters. The number of ether oxygens (including phenoxy) is 1. The Kier molecular flexibility index (Phi) is 5.45. The first-order valence-electron chi connectivity index (χ1n) is 3.27. The largest absolute Gasteiger partial charge is 0.439 e. The molecule has 0 aromatic rings. The number of nitriles is 1. The van der Waals surface area contributed by atoms with E-state index < -0.39 is 6.10 Å². The Labute approximate surface area is 60.6 Å². The molecular weight excluding hydrogens is 130 g/mol. The van der Waals surface area contributed by atoms with Crippen LogP contribution >= 0.6 is 0 Å². The molecule has 3 nitrogen and oxygen atoms in total. The summed E-state index contributed by atoms with van der Waals surface area (Å²) < 4.78 is 4.33. The Morgan fingerprint density at radius 2 is 2.40 bits per heavy atom. The van der Waals surface area contributed by atoms with Crippen molar-refractivity contribution in [2.45, 2.75) is 32.3 Å². The van der Waals surface area contributed by atoms with Crippen molar-refractivity contribution < 1.29 is 9.53 Å². The molecule has 0 spiro atoms. The fourth-order valence-electron chi connectivity index (χ4n) is 0.597. The maximum absolute atomic E-state index is 9.64. The molecule has 0 bridgehead atoms. The summed E-state index contributed by atoms with van der Waals surface area (Å²) in [5, 5.41) is 8.33. The molecule has 0 aliphatic carbocycles. The summed E-state index contributed by atoms with van der Waals surface area (Å²) >= 11 is 0. The average Bonchev–Trinajstić information content (AvgIpc) is 1.98. The van der Waals surface area contributed by atoms with Crippen molar-refractivity contribution in [2.75, 3.05) is 0 Å². The van der Waals surface area contributed by atoms with Crippen LogP contribution in [0.25, 0.3) is 0 Å². The number of carbonyl (C=O) groups excluding carboxylic acids is 1. The van der Waals surface area contributed by atoms with Crippen molar-refractivity contribution in [3.8, 4) is 6.07 Å². The zero-order chi connectivity index (χ0) is 7.82. The van der Waals surface area contributed by atoms with Crippen LogP contribution in [0.3, 0.4) is 0 Å². The number of unbranched alkanes of at least 4 members (excludes halogenated alkanes) is 1. The molecule has 0 amide bonds. The average molecular weight is 140 g/mol. The highest BCUT2D eigenvalue weighted by molar-refractivity contribution is 5.39. The van der Waals surface area contributed by atoms with E-state index in [1.807, 2.05) is 13.0 Å². The third kappa shape index (κ3) is 3.90. The lowest BCUT2D eigenvalue weighted by Gasteiger charge is -2.02. The molecule has 0 aromatic heterocycles. The van der Waals surface area contributed by atoms with E-state index in [2.05, 4.69) is 4.74 Å². The van der Waals surface area contributed by atoms with Crippen molar-refractivity contribution >= 4 is 6.47 Å². The van der Waals surface area contributed by atoms with Gasteiger partial charge in [0.25, 0.3) is 0 Å². The van der Waals surface area contributed by atoms with Crippen LogP contribution in [0.5, 0.6) is 0 Å². The van der Waals surface area contributed by atoms with Crippen molar-refractivity contribution in [3.05, 3.63) is 0 Å². The normalized spacial score (nSPS) is 11.6. The van der Waals surface area contributed by atoms with Gasteiger partial charge in [0.05, 0.1) is 0 Å². The number of nitrogens with zero attached hydrogens (tertiary/aromatic N) is 1. The Morgan fingerprint density at radius 3 is 2.80 bits per heavy atom. The summed E-state index contributed by atoms with van der Waals surface area (Å²) in [4.78, 5) is 9.64. The Bertz CT molecular complexity index is 128. The predicted octanol–water partition coefficient (Wildman–Crippen LogP) is 1.15. The zero-order valence-corrected chi connectivity index (χ0v) is 5.96. The van der Waals surface area contributed by atoms with Gasteiger partial charge in [0.2, 0.25) is 0 Å². The van der Waals surface area contributed by atoms with Gasteiger partial charge in [0.1, 0.15) is 6.07 Å². The monoisotopic (exact) mass is 140 g/mol. The molecule has 0 aromatic carbocycles. The van der Waals surface area contributed by atoms with Crippen molar-refractivity contribution in [3.63, 3.8) is 0 Å². The fourth-order valence-corrected chi connectivity index (χ4v) is 0.597. The van der Waals surface area contributed by atoms with Crippen LogP contribution in [0.4, 0.5) is 0 Å². The summed E-state index contributed by atoms with van der Waals surface area (Å²) in [7, 11) is 0. The molecule has 55 valence electrons. The first kappa shape index (κ1) is 8.96. The summed E-state index contributed by atoms with van der Waals surface area (Å²) in [6.45, 7) is 3.27. The highest BCUT2D eigenvalue weighted by Crippen LogP contribution is 2.01. The van der Waals surface area contributed by atoms with Gasteiger partial charge >= 0.3 is 6.47 Å². The van der Waals surface area contributed by atoms with Gasteiger partial charge in [-0.3, -0.25) is 0 Å². The van der Waals surface area contributed by atoms with E-state index in [-0.39, 0.29) is 0 Å². The fraction of sp³-hybridized carbons (Fsp3) is 0.714. The van der Waals surface area contributed by atoms with Crippen LogP contribution in [-0.4, -0.2) is 12.6 Å². The van der Waals surface area contributed by atoms with Gasteiger partial charge in [-0.2, -0.15) is 5.26 Å². The quantitative estimate of drug-likeness (QED) is 0.575. The van der Waals surface area contributed by atoms with Crippen LogP contribution in [-0.2, 0) is 9.53 Å². The summed E-state index contributed by atoms with van der Waals surface area (Å²) in [6, 6.07) is 1.85. The van der Waals surface area contributed by atoms with Gasteiger partial charge in [0, 0.05) is 0 Å². The summed E-state index contributed by atoms with van der Waals surface area (Å²) in [6.07, 6.45) is 1.92. The molecular formula is C7H10NO2. The van der Waals surface area contributed by atoms with E-state index in [9.17, 15) is 4.79 Å². The lowest BCUT2D eigenvalue weighted by Crippen LogP contribution is -2.08. The zero-order valence-electron chi connectivity index (χ0n) is 5.96. The maximum atomic E-state index is 9.64. The third-order valence-electron chi connectivity index (χ3n) is 1.15. The molecule has 0 saturated heterocycles. The number of hydrogen-bond donors (Lipinski definition) is 0. The number of hydrogen-bond acceptors (Lipinski definition) is 3. The van der Waals surface area contributed by atoms with Gasteiger partial charge in [-0.25, -0.2) is 4.79 Å². The van der Waals surface area contributed by atoms with Gasteiger partial charge in [0.15, 0.2) is 6.10 Å². The van der Waals surface area contributed by atoms with Gasteiger partial charge < -0.3 is 4.74 Å². The minimum absolute atomic E-state index is 0.600. The van der Waals surface area contributed by atoms with Crippen LogP contribution < -0.4 is 0 Å². The maximum Gasteiger partial charge on any atom is 0.418 e. The Hall–Kier alpha value is -1.04. The summed E-state index contributed by atoms with van der Waals surface area (Å²) in [5.74, 6) is 0. The van der Waals surface area contributed by atoms with E-state index in [0.29, 0.717) is 6.42 Å². The van der Waals surface area contributed by atoms with Crippen LogP contribution in [0, 0.1) is 11.3 Å². The second kappa shape index (κ2) is 6.09. The SMILES string of the molecule is CCCCC(C#N)O[C]=O. The highest BCUT2D eigenvalue weighted by atomic mass is 16.5. The van der Waals surface area contributed by atoms with Crippen LogP contribution in [0.1, 0.15) is 26.2 Å². The molecule has 0 rings (SSSR count). The molecule has 0 fully saturated rings. The molecule has 1 unspecified atom stereocenters. The Morgan fingerprint density at radius 1 is 1.70 bits per heavy atom. The first-order chi connectivity index (χ1) is 4.85. The predicted molar refractivity (Wildman–Crippen MR) is 35.7 cm³/mol. The topological polar surface area (TPSA) is 50.1 Å². The van der Waals surface area contributed by atoms with E-state index in [4.69, 9.17) is 5.26 Å². The molecule has 1 radical (unpaired) electrons. The van der Waals surface area contributed by atoms with Crippen molar-refractivity contribution in [1.82, 2.24) is 0 Å². The molecule has 0 heterocycles. The Balaban J connectivity index is 3.42. The molecule has 0 aliphatic rings. The smallest absolute Gasteiger partial charge is 0.418 e. The van der Waals surface area contributed by atoms with Crippen LogP contribution in [0.15, 0.2) is 0 Å². The van der Waals surface area contributed by atoms with E-state index in [0.717, 1.165) is 12.8 Å². The van der Waals surface area contributed by atoms with E-state index in [1.54, 1.807) is 0 Å². The second-order valence-corrected chi connectivity index (χ2v) is 1.96. The van der Waals surface area contributed by atoms with Gasteiger partial charge in [-0.05, 0) is 12.8 Å². The van der Waals surface area contributed by atoms with Crippen LogP contribution in [0.2, 0.25) is 0 Å². The van der Waals surface area contributed by atoms with E-state index in [1.165, 1.54) is 6.47 Å². The van der Waals surface area contributed by atoms with Gasteiger partial charge in [-0.15, -0.1) is 0 Å². The minimum Gasteiger partial charge on any atom is -0.439 e. The highest BCUT2D eigenvalue weighted by Gasteiger charge is 2.05. The molecule has 10 heavy (non-hydrogen) atoms. The molecule has 3 heteroatoms. The van der Waals surface area contributed by atoms with Crippen molar-refractivity contribution in [1.29, 1.82) is 5.26 Å². The minimum atomic E-state index is -0.600. The standard InChI is InChI=1S/C7H10NO2/c1-2-3-4-7(5-8)10-6-9/h7H,2-4H2,1H3. The third-order valence-corrected chi connectivity index (χ3v) is 1.15. The first-order valence-corrected chi connectivity index (χ1v) is 3.27. The lowest BCUT2D eigenvalue weighted by molar-refractivity contribution is 0.212. The molecule has 0 aliphatic heterocycles. The second-order valence-electron chi connectivity index (χ2n) is 1.96. The van der Waals surface area contributed by atoms with Gasteiger partial charge in [-0.1, -0.05) is 13.3 Å². The summed E-state index contributed by atoms with van der Waals surface area (Å²) in [5.41, 5.74) is 0. The van der Waals surface area contributed by atoms with Crippen molar-refractivity contribution in [2.24, 2.45) is 0 Å². The lowest BCUT2D eigenvalue weighted by atomic mass is 10.2.